The first kappa shape index (κ1) is 30.0. The van der Waals surface area contributed by atoms with Crippen molar-refractivity contribution < 1.29 is 22.7 Å². The maximum absolute atomic E-state index is 13.3. The average Bonchev–Trinajstić information content (AvgIpc) is 3.27. The van der Waals surface area contributed by atoms with Gasteiger partial charge in [0.1, 0.15) is 5.92 Å². The molecule has 0 saturated carbocycles. The number of benzene rings is 3. The summed E-state index contributed by atoms with van der Waals surface area (Å²) in [4.78, 5) is 32.4. The molecule has 9 nitrogen and oxygen atoms in total. The highest BCUT2D eigenvalue weighted by Crippen LogP contribution is 2.37. The number of anilines is 2. The summed E-state index contributed by atoms with van der Waals surface area (Å²) < 4.78 is 32.6. The monoisotopic (exact) mass is 576 g/mol. The van der Waals surface area contributed by atoms with Gasteiger partial charge in [-0.15, -0.1) is 0 Å². The van der Waals surface area contributed by atoms with Gasteiger partial charge in [0.15, 0.2) is 0 Å². The third kappa shape index (κ3) is 7.01. The highest BCUT2D eigenvalue weighted by Gasteiger charge is 2.36. The molecule has 10 heteroatoms. The number of aliphatic imine (C=N–C) groups is 1. The molecule has 1 aliphatic heterocycles. The number of sulfonamides is 1. The lowest BCUT2D eigenvalue weighted by atomic mass is 9.90. The lowest BCUT2D eigenvalue weighted by Gasteiger charge is -2.26. The van der Waals surface area contributed by atoms with Crippen LogP contribution in [0.2, 0.25) is 0 Å². The number of nitrogens with zero attached hydrogens (tertiary/aromatic N) is 3. The number of amides is 1. The van der Waals surface area contributed by atoms with Crippen LogP contribution in [0.4, 0.5) is 17.1 Å². The number of hydrogen-bond acceptors (Lipinski definition) is 7. The van der Waals surface area contributed by atoms with E-state index in [1.807, 2.05) is 56.3 Å². The van der Waals surface area contributed by atoms with E-state index in [2.05, 4.69) is 5.32 Å². The van der Waals surface area contributed by atoms with Gasteiger partial charge in [0.05, 0.1) is 35.0 Å². The molecule has 4 rings (SSSR count). The number of fused-ring (bicyclic) bond motifs is 1. The van der Waals surface area contributed by atoms with Crippen LogP contribution in [0.5, 0.6) is 0 Å². The first-order valence-corrected chi connectivity index (χ1v) is 15.3. The van der Waals surface area contributed by atoms with Gasteiger partial charge in [-0.1, -0.05) is 43.3 Å². The molecule has 1 N–H and O–H groups in total. The minimum atomic E-state index is -3.48. The van der Waals surface area contributed by atoms with Crippen LogP contribution < -0.4 is 9.62 Å². The first-order valence-electron chi connectivity index (χ1n) is 13.7. The van der Waals surface area contributed by atoms with Crippen LogP contribution in [0.3, 0.4) is 0 Å². The smallest absolute Gasteiger partial charge is 0.338 e. The fourth-order valence-corrected chi connectivity index (χ4v) is 6.24. The quantitative estimate of drug-likeness (QED) is 0.245. The van der Waals surface area contributed by atoms with E-state index in [0.717, 1.165) is 5.56 Å². The Morgan fingerprint density at radius 2 is 1.66 bits per heavy atom. The van der Waals surface area contributed by atoms with Crippen molar-refractivity contribution in [2.75, 3.05) is 49.2 Å². The summed E-state index contributed by atoms with van der Waals surface area (Å²) in [5.74, 6) is -1.34. The number of esters is 1. The maximum Gasteiger partial charge on any atom is 0.338 e. The van der Waals surface area contributed by atoms with Gasteiger partial charge in [0.25, 0.3) is 0 Å². The standard InChI is InChI=1S/C31H36N4O5S/c1-5-20-41(38,39)35(19-18-34(3)4)25-15-13-24(14-16-25)32-29(22-10-8-7-9-11-22)28-26-17-12-23(31(37)40-6-2)21-27(26)33-30(28)36/h7-17,21,28H,5-6,18-20H2,1-4H3,(H,33,36). The van der Waals surface area contributed by atoms with E-state index in [-0.39, 0.29) is 18.3 Å². The fourth-order valence-electron chi connectivity index (χ4n) is 4.70. The zero-order valence-corrected chi connectivity index (χ0v) is 24.6. The van der Waals surface area contributed by atoms with Crippen LogP contribution in [0.1, 0.15) is 47.7 Å². The highest BCUT2D eigenvalue weighted by atomic mass is 32.2. The molecule has 0 aliphatic carbocycles. The number of nitrogens with one attached hydrogen (secondary N) is 1. The molecule has 1 aliphatic rings. The van der Waals surface area contributed by atoms with Crippen molar-refractivity contribution in [1.29, 1.82) is 0 Å². The highest BCUT2D eigenvalue weighted by molar-refractivity contribution is 7.92. The molecule has 0 saturated heterocycles. The van der Waals surface area contributed by atoms with Gasteiger partial charge in [-0.2, -0.15) is 0 Å². The average molecular weight is 577 g/mol. The van der Waals surface area contributed by atoms with E-state index in [1.54, 1.807) is 49.4 Å². The van der Waals surface area contributed by atoms with Gasteiger partial charge in [-0.3, -0.25) is 14.1 Å². The molecule has 3 aromatic rings. The van der Waals surface area contributed by atoms with E-state index < -0.39 is 21.9 Å². The molecule has 1 atom stereocenters. The van der Waals surface area contributed by atoms with Crippen LogP contribution >= 0.6 is 0 Å². The number of likely N-dealkylation sites (N-methyl/N-ethyl adjacent to an activating group) is 1. The molecule has 1 amide bonds. The molecule has 0 spiro atoms. The van der Waals surface area contributed by atoms with E-state index >= 15 is 0 Å². The molecule has 0 radical (unpaired) electrons. The van der Waals surface area contributed by atoms with Crippen molar-refractivity contribution in [2.45, 2.75) is 26.2 Å². The van der Waals surface area contributed by atoms with Crippen LogP contribution in [0.15, 0.2) is 77.8 Å². The third-order valence-corrected chi connectivity index (χ3v) is 8.66. The summed E-state index contributed by atoms with van der Waals surface area (Å²) in [5.41, 5.74) is 4.08. The molecule has 0 fully saturated rings. The second-order valence-corrected chi connectivity index (χ2v) is 12.0. The van der Waals surface area contributed by atoms with Gasteiger partial charge >= 0.3 is 5.97 Å². The Morgan fingerprint density at radius 1 is 0.951 bits per heavy atom. The Hall–Kier alpha value is -4.02. The molecular weight excluding hydrogens is 540 g/mol. The van der Waals surface area contributed by atoms with E-state index in [4.69, 9.17) is 9.73 Å². The van der Waals surface area contributed by atoms with Gasteiger partial charge in [-0.25, -0.2) is 13.2 Å². The summed E-state index contributed by atoms with van der Waals surface area (Å²) in [6, 6.07) is 21.5. The number of hydrogen-bond donors (Lipinski definition) is 1. The Kier molecular flexibility index (Phi) is 9.57. The normalized spacial score (nSPS) is 15.0. The molecular formula is C31H36N4O5S. The lowest BCUT2D eigenvalue weighted by Crippen LogP contribution is -2.38. The molecule has 0 aromatic heterocycles. The fraction of sp³-hybridized carbons (Fsp3) is 0.323. The number of rotatable bonds is 12. The molecule has 216 valence electrons. The summed E-state index contributed by atoms with van der Waals surface area (Å²) in [7, 11) is 0.328. The largest absolute Gasteiger partial charge is 0.462 e. The molecule has 3 aromatic carbocycles. The molecule has 1 heterocycles. The SMILES string of the molecule is CCCS(=O)(=O)N(CCN(C)C)c1ccc(N=C(c2ccccc2)C2C(=O)Nc3cc(C(=O)OCC)ccc32)cc1. The van der Waals surface area contributed by atoms with Crippen LogP contribution in [0.25, 0.3) is 0 Å². The van der Waals surface area contributed by atoms with Gasteiger partial charge in [0.2, 0.25) is 15.9 Å². The predicted molar refractivity (Wildman–Crippen MR) is 163 cm³/mol. The Bertz CT molecular complexity index is 1520. The van der Waals surface area contributed by atoms with E-state index in [0.29, 0.717) is 53.4 Å². The number of carbonyl (C=O) groups is 2. The van der Waals surface area contributed by atoms with Crippen molar-refractivity contribution in [3.63, 3.8) is 0 Å². The molecule has 0 bridgehead atoms. The van der Waals surface area contributed by atoms with E-state index in [9.17, 15) is 18.0 Å². The Balaban J connectivity index is 1.73. The molecule has 1 unspecified atom stereocenters. The zero-order chi connectivity index (χ0) is 29.6. The lowest BCUT2D eigenvalue weighted by molar-refractivity contribution is -0.115. The second kappa shape index (κ2) is 13.1. The van der Waals surface area contributed by atoms with Crippen LogP contribution in [-0.2, 0) is 19.6 Å². The van der Waals surface area contributed by atoms with Gasteiger partial charge in [0, 0.05) is 18.8 Å². The maximum atomic E-state index is 13.3. The zero-order valence-electron chi connectivity index (χ0n) is 23.8. The number of carbonyl (C=O) groups excluding carboxylic acids is 2. The summed E-state index contributed by atoms with van der Waals surface area (Å²) in [6.07, 6.45) is 0.524. The Labute approximate surface area is 241 Å². The van der Waals surface area contributed by atoms with Crippen molar-refractivity contribution in [1.82, 2.24) is 4.90 Å². The third-order valence-electron chi connectivity index (χ3n) is 6.67. The van der Waals surface area contributed by atoms with E-state index in [1.165, 1.54) is 4.31 Å². The predicted octanol–water partition coefficient (Wildman–Crippen LogP) is 4.83. The first-order chi connectivity index (χ1) is 19.6. The van der Waals surface area contributed by atoms with Crippen LogP contribution in [0, 0.1) is 0 Å². The number of ether oxygens (including phenoxy) is 1. The molecule has 41 heavy (non-hydrogen) atoms. The van der Waals surface area contributed by atoms with Gasteiger partial charge < -0.3 is 15.0 Å². The van der Waals surface area contributed by atoms with Crippen molar-refractivity contribution in [3.8, 4) is 0 Å². The summed E-state index contributed by atoms with van der Waals surface area (Å²) in [5, 5.41) is 2.89. The summed E-state index contributed by atoms with van der Waals surface area (Å²) >= 11 is 0. The Morgan fingerprint density at radius 3 is 2.29 bits per heavy atom. The van der Waals surface area contributed by atoms with Crippen molar-refractivity contribution >= 4 is 44.7 Å². The minimum Gasteiger partial charge on any atom is -0.462 e. The minimum absolute atomic E-state index is 0.0621. The van der Waals surface area contributed by atoms with Crippen molar-refractivity contribution in [3.05, 3.63) is 89.5 Å². The topological polar surface area (TPSA) is 108 Å². The van der Waals surface area contributed by atoms with Crippen LogP contribution in [-0.4, -0.2) is 70.5 Å². The van der Waals surface area contributed by atoms with Gasteiger partial charge in [-0.05, 0) is 75.0 Å². The summed E-state index contributed by atoms with van der Waals surface area (Å²) in [6.45, 7) is 4.75. The second-order valence-electron chi connectivity index (χ2n) is 10.0. The van der Waals surface area contributed by atoms with Crippen molar-refractivity contribution in [2.24, 2.45) is 4.99 Å².